The lowest BCUT2D eigenvalue weighted by Gasteiger charge is -2.26. The molecule has 0 aliphatic carbocycles. The quantitative estimate of drug-likeness (QED) is 0.817. The zero-order valence-corrected chi connectivity index (χ0v) is 16.1. The van der Waals surface area contributed by atoms with Crippen LogP contribution in [-0.2, 0) is 23.2 Å². The van der Waals surface area contributed by atoms with Gasteiger partial charge in [-0.05, 0) is 24.6 Å². The summed E-state index contributed by atoms with van der Waals surface area (Å²) in [7, 11) is 0. The van der Waals surface area contributed by atoms with Gasteiger partial charge in [-0.1, -0.05) is 26.8 Å². The topological polar surface area (TPSA) is 66.7 Å². The Balaban J connectivity index is 1.54. The summed E-state index contributed by atoms with van der Waals surface area (Å²) in [5, 5.41) is 0. The van der Waals surface area contributed by atoms with Crippen LogP contribution in [0.5, 0.6) is 0 Å². The first kappa shape index (κ1) is 17.8. The largest absolute Gasteiger partial charge is 0.445 e. The molecule has 2 aliphatic rings. The maximum absolute atomic E-state index is 13.0. The highest BCUT2D eigenvalue weighted by atomic mass is 16.4. The van der Waals surface area contributed by atoms with Gasteiger partial charge in [0.15, 0.2) is 5.89 Å². The Kier molecular flexibility index (Phi) is 4.29. The van der Waals surface area contributed by atoms with Crippen molar-refractivity contribution in [1.29, 1.82) is 0 Å². The number of anilines is 1. The first-order valence-corrected chi connectivity index (χ1v) is 9.52. The molecule has 1 aromatic carbocycles. The van der Waals surface area contributed by atoms with E-state index in [1.807, 2.05) is 29.2 Å². The number of rotatable bonds is 2. The van der Waals surface area contributed by atoms with E-state index in [1.54, 1.807) is 4.90 Å². The van der Waals surface area contributed by atoms with Crippen LogP contribution in [0.4, 0.5) is 5.69 Å². The highest BCUT2D eigenvalue weighted by Crippen LogP contribution is 2.28. The van der Waals surface area contributed by atoms with E-state index in [0.717, 1.165) is 36.0 Å². The van der Waals surface area contributed by atoms with Crippen molar-refractivity contribution in [2.24, 2.45) is 0 Å². The summed E-state index contributed by atoms with van der Waals surface area (Å²) in [4.78, 5) is 33.2. The SMILES string of the molecule is CC(C)(C)c1nc2c(o1)CCN(C(=O)c1cccc(N3CCCC3=O)c1)C2. The van der Waals surface area contributed by atoms with Crippen molar-refractivity contribution in [2.45, 2.75) is 52.0 Å². The van der Waals surface area contributed by atoms with E-state index < -0.39 is 0 Å². The van der Waals surface area contributed by atoms with E-state index in [1.165, 1.54) is 0 Å². The molecule has 0 bridgehead atoms. The van der Waals surface area contributed by atoms with Crippen molar-refractivity contribution in [3.63, 3.8) is 0 Å². The minimum absolute atomic E-state index is 0.0329. The normalized spacial score (nSPS) is 17.4. The van der Waals surface area contributed by atoms with Gasteiger partial charge >= 0.3 is 0 Å². The van der Waals surface area contributed by atoms with Crippen LogP contribution in [0.1, 0.15) is 61.3 Å². The first-order chi connectivity index (χ1) is 12.8. The summed E-state index contributed by atoms with van der Waals surface area (Å²) in [6.45, 7) is 7.99. The second-order valence-electron chi connectivity index (χ2n) is 8.31. The van der Waals surface area contributed by atoms with Crippen molar-refractivity contribution in [1.82, 2.24) is 9.88 Å². The molecule has 2 aromatic rings. The van der Waals surface area contributed by atoms with Crippen LogP contribution in [-0.4, -0.2) is 34.8 Å². The molecule has 6 heteroatoms. The van der Waals surface area contributed by atoms with E-state index >= 15 is 0 Å². The number of carbonyl (C=O) groups is 2. The monoisotopic (exact) mass is 367 g/mol. The molecule has 2 aliphatic heterocycles. The molecule has 0 unspecified atom stereocenters. The molecule has 0 saturated carbocycles. The number of nitrogens with zero attached hydrogens (tertiary/aromatic N) is 3. The molecular weight excluding hydrogens is 342 g/mol. The van der Waals surface area contributed by atoms with E-state index in [-0.39, 0.29) is 17.2 Å². The highest BCUT2D eigenvalue weighted by molar-refractivity contribution is 5.99. The number of hydrogen-bond donors (Lipinski definition) is 0. The molecule has 0 N–H and O–H groups in total. The maximum Gasteiger partial charge on any atom is 0.254 e. The van der Waals surface area contributed by atoms with Crippen molar-refractivity contribution < 1.29 is 14.0 Å². The molecule has 0 spiro atoms. The van der Waals surface area contributed by atoms with Crippen LogP contribution in [0.2, 0.25) is 0 Å². The van der Waals surface area contributed by atoms with Gasteiger partial charge in [-0.15, -0.1) is 0 Å². The number of hydrogen-bond acceptors (Lipinski definition) is 4. The molecule has 4 rings (SSSR count). The molecule has 142 valence electrons. The highest BCUT2D eigenvalue weighted by Gasteiger charge is 2.30. The molecule has 1 fully saturated rings. The van der Waals surface area contributed by atoms with Gasteiger partial charge in [-0.3, -0.25) is 9.59 Å². The van der Waals surface area contributed by atoms with Gasteiger partial charge in [0.1, 0.15) is 11.5 Å². The second-order valence-corrected chi connectivity index (χ2v) is 8.31. The zero-order valence-electron chi connectivity index (χ0n) is 16.1. The summed E-state index contributed by atoms with van der Waals surface area (Å²) >= 11 is 0. The van der Waals surface area contributed by atoms with Gasteiger partial charge < -0.3 is 14.2 Å². The fourth-order valence-electron chi connectivity index (χ4n) is 3.60. The third kappa shape index (κ3) is 3.36. The summed E-state index contributed by atoms with van der Waals surface area (Å²) in [5.41, 5.74) is 2.11. The standard InChI is InChI=1S/C21H25N3O3/c1-21(2,3)20-22-16-13-23(11-9-17(16)27-20)19(26)14-6-4-7-15(12-14)24-10-5-8-18(24)25/h4,6-7,12H,5,8-11,13H2,1-3H3. The van der Waals surface area contributed by atoms with E-state index in [4.69, 9.17) is 4.42 Å². The Hall–Kier alpha value is -2.63. The molecule has 1 aromatic heterocycles. The maximum atomic E-state index is 13.0. The molecule has 1 saturated heterocycles. The zero-order chi connectivity index (χ0) is 19.2. The van der Waals surface area contributed by atoms with Crippen LogP contribution >= 0.6 is 0 Å². The second kappa shape index (κ2) is 6.51. The molecule has 6 nitrogen and oxygen atoms in total. The molecule has 0 atom stereocenters. The Morgan fingerprint density at radius 2 is 2.00 bits per heavy atom. The number of fused-ring (bicyclic) bond motifs is 1. The third-order valence-corrected chi connectivity index (χ3v) is 5.13. The molecule has 2 amide bonds. The smallest absolute Gasteiger partial charge is 0.254 e. The number of aromatic nitrogens is 1. The van der Waals surface area contributed by atoms with Crippen molar-refractivity contribution >= 4 is 17.5 Å². The summed E-state index contributed by atoms with van der Waals surface area (Å²) in [6.07, 6.45) is 2.12. The van der Waals surface area contributed by atoms with Crippen molar-refractivity contribution in [3.05, 3.63) is 47.2 Å². The molecule has 0 radical (unpaired) electrons. The molecule has 3 heterocycles. The average Bonchev–Trinajstić information content (AvgIpc) is 3.26. The number of benzene rings is 1. The summed E-state index contributed by atoms with van der Waals surface area (Å²) in [5.74, 6) is 1.70. The van der Waals surface area contributed by atoms with Gasteiger partial charge in [0.2, 0.25) is 5.91 Å². The summed E-state index contributed by atoms with van der Waals surface area (Å²) in [6, 6.07) is 7.37. The van der Waals surface area contributed by atoms with Crippen molar-refractivity contribution in [2.75, 3.05) is 18.0 Å². The van der Waals surface area contributed by atoms with E-state index in [0.29, 0.717) is 31.5 Å². The Morgan fingerprint density at radius 3 is 2.70 bits per heavy atom. The van der Waals surface area contributed by atoms with Crippen LogP contribution in [0, 0.1) is 0 Å². The fraction of sp³-hybridized carbons (Fsp3) is 0.476. The van der Waals surface area contributed by atoms with Gasteiger partial charge in [0, 0.05) is 42.6 Å². The Bertz CT molecular complexity index is 894. The average molecular weight is 367 g/mol. The minimum atomic E-state index is -0.150. The van der Waals surface area contributed by atoms with Crippen molar-refractivity contribution in [3.8, 4) is 0 Å². The first-order valence-electron chi connectivity index (χ1n) is 9.52. The minimum Gasteiger partial charge on any atom is -0.445 e. The molecule has 27 heavy (non-hydrogen) atoms. The predicted octanol–water partition coefficient (Wildman–Crippen LogP) is 3.30. The van der Waals surface area contributed by atoms with Crippen LogP contribution in [0.25, 0.3) is 0 Å². The van der Waals surface area contributed by atoms with Crippen LogP contribution < -0.4 is 4.90 Å². The van der Waals surface area contributed by atoms with E-state index in [2.05, 4.69) is 25.8 Å². The van der Waals surface area contributed by atoms with Gasteiger partial charge in [-0.2, -0.15) is 0 Å². The van der Waals surface area contributed by atoms with Gasteiger partial charge in [-0.25, -0.2) is 4.98 Å². The predicted molar refractivity (Wildman–Crippen MR) is 102 cm³/mol. The van der Waals surface area contributed by atoms with Crippen LogP contribution in [0.3, 0.4) is 0 Å². The third-order valence-electron chi connectivity index (χ3n) is 5.13. The lowest BCUT2D eigenvalue weighted by atomic mass is 9.97. The number of oxazole rings is 1. The fourth-order valence-corrected chi connectivity index (χ4v) is 3.60. The summed E-state index contributed by atoms with van der Waals surface area (Å²) < 4.78 is 5.91. The lowest BCUT2D eigenvalue weighted by molar-refractivity contribution is -0.117. The van der Waals surface area contributed by atoms with Gasteiger partial charge in [0.25, 0.3) is 5.91 Å². The van der Waals surface area contributed by atoms with E-state index in [9.17, 15) is 9.59 Å². The van der Waals surface area contributed by atoms with Crippen LogP contribution in [0.15, 0.2) is 28.7 Å². The Labute approximate surface area is 159 Å². The lowest BCUT2D eigenvalue weighted by Crippen LogP contribution is -2.36. The van der Waals surface area contributed by atoms with Gasteiger partial charge in [0.05, 0.1) is 6.54 Å². The Morgan fingerprint density at radius 1 is 1.19 bits per heavy atom. The number of amides is 2. The molecular formula is C21H25N3O3. The number of carbonyl (C=O) groups excluding carboxylic acids is 2.